The van der Waals surface area contributed by atoms with Crippen LogP contribution in [0.15, 0.2) is 30.7 Å². The molecule has 1 N–H and O–H groups in total. The Labute approximate surface area is 147 Å². The first-order valence-corrected chi connectivity index (χ1v) is 8.27. The highest BCUT2D eigenvalue weighted by molar-refractivity contribution is 5.92. The highest BCUT2D eigenvalue weighted by atomic mass is 19.1. The number of aromatic nitrogens is 4. The van der Waals surface area contributed by atoms with Crippen molar-refractivity contribution in [1.82, 2.24) is 19.7 Å². The standard InChI is InChI=1S/C17H16F2N6O/c18-11-5-12(19)7-13(6-11)23-15(26)9-25-17-14(8-22-25)16(20-10-21-17)24-3-1-2-4-24/h5-8,10H,1-4,9H2,(H,23,26). The maximum Gasteiger partial charge on any atom is 0.246 e. The third-order valence-corrected chi connectivity index (χ3v) is 4.26. The van der Waals surface area contributed by atoms with E-state index >= 15 is 0 Å². The lowest BCUT2D eigenvalue weighted by Crippen LogP contribution is -2.21. The summed E-state index contributed by atoms with van der Waals surface area (Å²) in [6, 6.07) is 2.85. The number of rotatable bonds is 4. The predicted molar refractivity (Wildman–Crippen MR) is 91.8 cm³/mol. The quantitative estimate of drug-likeness (QED) is 0.775. The average Bonchev–Trinajstić information content (AvgIpc) is 3.24. The minimum atomic E-state index is -0.757. The number of hydrogen-bond acceptors (Lipinski definition) is 5. The van der Waals surface area contributed by atoms with Gasteiger partial charge in [-0.2, -0.15) is 5.10 Å². The van der Waals surface area contributed by atoms with Crippen LogP contribution in [0.25, 0.3) is 11.0 Å². The van der Waals surface area contributed by atoms with Gasteiger partial charge in [0.15, 0.2) is 5.65 Å². The number of anilines is 2. The SMILES string of the molecule is O=C(Cn1ncc2c(N3CCCC3)ncnc21)Nc1cc(F)cc(F)c1. The molecule has 1 fully saturated rings. The van der Waals surface area contributed by atoms with Gasteiger partial charge in [0.25, 0.3) is 0 Å². The predicted octanol–water partition coefficient (Wildman–Crippen LogP) is 2.34. The Morgan fingerprint density at radius 2 is 1.85 bits per heavy atom. The molecular formula is C17H16F2N6O. The average molecular weight is 358 g/mol. The molecule has 4 rings (SSSR count). The molecular weight excluding hydrogens is 342 g/mol. The first-order valence-electron chi connectivity index (χ1n) is 8.27. The summed E-state index contributed by atoms with van der Waals surface area (Å²) in [6.45, 7) is 1.74. The number of amides is 1. The number of hydrogen-bond donors (Lipinski definition) is 1. The molecule has 9 heteroatoms. The molecule has 0 aliphatic carbocycles. The van der Waals surface area contributed by atoms with Crippen LogP contribution in [-0.2, 0) is 11.3 Å². The topological polar surface area (TPSA) is 75.9 Å². The summed E-state index contributed by atoms with van der Waals surface area (Å²) in [5, 5.41) is 7.46. The largest absolute Gasteiger partial charge is 0.356 e. The fourth-order valence-corrected chi connectivity index (χ4v) is 3.14. The number of nitrogens with zero attached hydrogens (tertiary/aromatic N) is 5. The van der Waals surface area contributed by atoms with E-state index in [0.717, 1.165) is 55.3 Å². The maximum absolute atomic E-state index is 13.2. The van der Waals surface area contributed by atoms with Gasteiger partial charge < -0.3 is 10.2 Å². The lowest BCUT2D eigenvalue weighted by atomic mass is 10.3. The minimum absolute atomic E-state index is 0.0522. The molecule has 7 nitrogen and oxygen atoms in total. The van der Waals surface area contributed by atoms with Crippen LogP contribution in [0.1, 0.15) is 12.8 Å². The molecule has 0 spiro atoms. The van der Waals surface area contributed by atoms with Gasteiger partial charge in [0.2, 0.25) is 5.91 Å². The fraction of sp³-hybridized carbons (Fsp3) is 0.294. The van der Waals surface area contributed by atoms with Crippen molar-refractivity contribution < 1.29 is 13.6 Å². The molecule has 26 heavy (non-hydrogen) atoms. The van der Waals surface area contributed by atoms with Gasteiger partial charge in [0.05, 0.1) is 11.6 Å². The number of halogens is 2. The summed E-state index contributed by atoms with van der Waals surface area (Å²) in [4.78, 5) is 23.0. The van der Waals surface area contributed by atoms with Crippen LogP contribution in [-0.4, -0.2) is 38.7 Å². The number of nitrogens with one attached hydrogen (secondary N) is 1. The van der Waals surface area contributed by atoms with E-state index in [0.29, 0.717) is 5.65 Å². The summed E-state index contributed by atoms with van der Waals surface area (Å²) >= 11 is 0. The molecule has 134 valence electrons. The van der Waals surface area contributed by atoms with E-state index in [-0.39, 0.29) is 12.2 Å². The van der Waals surface area contributed by atoms with Gasteiger partial charge in [-0.15, -0.1) is 0 Å². The summed E-state index contributed by atoms with van der Waals surface area (Å²) in [7, 11) is 0. The molecule has 2 aromatic heterocycles. The van der Waals surface area contributed by atoms with Crippen molar-refractivity contribution in [1.29, 1.82) is 0 Å². The van der Waals surface area contributed by atoms with Crippen LogP contribution >= 0.6 is 0 Å². The molecule has 1 aromatic carbocycles. The number of carbonyl (C=O) groups excluding carboxylic acids is 1. The molecule has 3 aromatic rings. The Bertz CT molecular complexity index is 947. The van der Waals surface area contributed by atoms with E-state index in [1.54, 1.807) is 6.20 Å². The molecule has 0 radical (unpaired) electrons. The molecule has 0 bridgehead atoms. The van der Waals surface area contributed by atoms with Crippen LogP contribution in [0, 0.1) is 11.6 Å². The van der Waals surface area contributed by atoms with Crippen molar-refractivity contribution in [3.8, 4) is 0 Å². The van der Waals surface area contributed by atoms with Crippen LogP contribution < -0.4 is 10.2 Å². The van der Waals surface area contributed by atoms with Crippen LogP contribution in [0.5, 0.6) is 0 Å². The van der Waals surface area contributed by atoms with E-state index in [4.69, 9.17) is 0 Å². The first kappa shape index (κ1) is 16.4. The molecule has 1 amide bonds. The van der Waals surface area contributed by atoms with Crippen molar-refractivity contribution in [3.63, 3.8) is 0 Å². The Morgan fingerprint density at radius 3 is 2.58 bits per heavy atom. The van der Waals surface area contributed by atoms with Gasteiger partial charge in [0, 0.05) is 24.8 Å². The van der Waals surface area contributed by atoms with Crippen molar-refractivity contribution in [2.45, 2.75) is 19.4 Å². The fourth-order valence-electron chi connectivity index (χ4n) is 3.14. The Balaban J connectivity index is 1.55. The second-order valence-electron chi connectivity index (χ2n) is 6.14. The molecule has 3 heterocycles. The van der Waals surface area contributed by atoms with Crippen molar-refractivity contribution >= 4 is 28.4 Å². The third-order valence-electron chi connectivity index (χ3n) is 4.26. The zero-order valence-corrected chi connectivity index (χ0v) is 13.8. The summed E-state index contributed by atoms with van der Waals surface area (Å²) in [6.07, 6.45) is 5.32. The number of carbonyl (C=O) groups is 1. The molecule has 0 unspecified atom stereocenters. The van der Waals surface area contributed by atoms with Crippen LogP contribution in [0.4, 0.5) is 20.3 Å². The number of benzene rings is 1. The van der Waals surface area contributed by atoms with Crippen molar-refractivity contribution in [2.75, 3.05) is 23.3 Å². The Morgan fingerprint density at radius 1 is 1.12 bits per heavy atom. The van der Waals surface area contributed by atoms with Crippen molar-refractivity contribution in [2.24, 2.45) is 0 Å². The van der Waals surface area contributed by atoms with E-state index in [1.165, 1.54) is 11.0 Å². The smallest absolute Gasteiger partial charge is 0.246 e. The van der Waals surface area contributed by atoms with Crippen LogP contribution in [0.3, 0.4) is 0 Å². The first-order chi connectivity index (χ1) is 12.6. The van der Waals surface area contributed by atoms with Crippen molar-refractivity contribution in [3.05, 3.63) is 42.4 Å². The van der Waals surface area contributed by atoms with Crippen LogP contribution in [0.2, 0.25) is 0 Å². The Hall–Kier alpha value is -3.10. The molecule has 1 aliphatic heterocycles. The number of fused-ring (bicyclic) bond motifs is 1. The minimum Gasteiger partial charge on any atom is -0.356 e. The summed E-state index contributed by atoms with van der Waals surface area (Å²) < 4.78 is 27.9. The zero-order valence-electron chi connectivity index (χ0n) is 13.8. The zero-order chi connectivity index (χ0) is 18.1. The summed E-state index contributed by atoms with van der Waals surface area (Å²) in [5.41, 5.74) is 0.596. The second-order valence-corrected chi connectivity index (χ2v) is 6.14. The highest BCUT2D eigenvalue weighted by Crippen LogP contribution is 2.25. The molecule has 1 aliphatic rings. The normalized spacial score (nSPS) is 14.2. The van der Waals surface area contributed by atoms with Gasteiger partial charge in [-0.05, 0) is 25.0 Å². The molecule has 0 saturated carbocycles. The van der Waals surface area contributed by atoms with E-state index in [2.05, 4.69) is 25.3 Å². The lowest BCUT2D eigenvalue weighted by molar-refractivity contribution is -0.116. The third kappa shape index (κ3) is 3.19. The van der Waals surface area contributed by atoms with Gasteiger partial charge in [0.1, 0.15) is 30.3 Å². The monoisotopic (exact) mass is 358 g/mol. The molecule has 0 atom stereocenters. The van der Waals surface area contributed by atoms with E-state index < -0.39 is 17.5 Å². The second kappa shape index (κ2) is 6.66. The maximum atomic E-state index is 13.2. The van der Waals surface area contributed by atoms with Gasteiger partial charge in [-0.3, -0.25) is 4.79 Å². The van der Waals surface area contributed by atoms with E-state index in [1.807, 2.05) is 0 Å². The highest BCUT2D eigenvalue weighted by Gasteiger charge is 2.19. The molecule has 1 saturated heterocycles. The van der Waals surface area contributed by atoms with Gasteiger partial charge >= 0.3 is 0 Å². The van der Waals surface area contributed by atoms with Gasteiger partial charge in [-0.1, -0.05) is 0 Å². The van der Waals surface area contributed by atoms with E-state index in [9.17, 15) is 13.6 Å². The Kier molecular flexibility index (Phi) is 4.19. The van der Waals surface area contributed by atoms with Gasteiger partial charge in [-0.25, -0.2) is 23.4 Å². The summed E-state index contributed by atoms with van der Waals surface area (Å²) in [5.74, 6) is -1.16. The lowest BCUT2D eigenvalue weighted by Gasteiger charge is -2.16.